The number of ether oxygens (including phenoxy) is 3. The molecule has 0 unspecified atom stereocenters. The molecule has 0 N–H and O–H groups in total. The maximum absolute atomic E-state index is 13.6. The molecule has 0 atom stereocenters. The molecule has 1 saturated carbocycles. The van der Waals surface area contributed by atoms with E-state index in [0.717, 1.165) is 29.5 Å². The maximum Gasteiger partial charge on any atom is 0.320 e. The molecule has 7 nitrogen and oxygen atoms in total. The quantitative estimate of drug-likeness (QED) is 0.247. The number of hydrogen-bond donors (Lipinski definition) is 0. The lowest BCUT2D eigenvalue weighted by molar-refractivity contribution is -0.146. The van der Waals surface area contributed by atoms with Gasteiger partial charge in [0.15, 0.2) is 0 Å². The molecule has 0 saturated heterocycles. The lowest BCUT2D eigenvalue weighted by Gasteiger charge is -2.22. The monoisotopic (exact) mass is 492 g/mol. The highest BCUT2D eigenvalue weighted by atomic mass is 16.5. The number of carbonyl (C=O) groups excluding carboxylic acids is 1. The molecule has 0 aliphatic heterocycles. The number of fused-ring (bicyclic) bond motifs is 1. The summed E-state index contributed by atoms with van der Waals surface area (Å²) in [7, 11) is 0. The number of hydrogen-bond acceptors (Lipinski definition) is 6. The highest BCUT2D eigenvalue weighted by molar-refractivity contribution is 5.81. The van der Waals surface area contributed by atoms with Gasteiger partial charge in [0, 0.05) is 37.4 Å². The van der Waals surface area contributed by atoms with Crippen LogP contribution in [0, 0.1) is 5.92 Å². The summed E-state index contributed by atoms with van der Waals surface area (Å²) < 4.78 is 18.8. The molecular formula is C29H36N2O5. The van der Waals surface area contributed by atoms with Crippen LogP contribution in [0.2, 0.25) is 0 Å². The molecule has 0 amide bonds. The van der Waals surface area contributed by atoms with Gasteiger partial charge in [-0.3, -0.25) is 14.5 Å². The van der Waals surface area contributed by atoms with Crippen LogP contribution in [0.3, 0.4) is 0 Å². The van der Waals surface area contributed by atoms with Gasteiger partial charge in [0.2, 0.25) is 0 Å². The van der Waals surface area contributed by atoms with Crippen molar-refractivity contribution in [2.75, 3.05) is 26.4 Å². The molecule has 1 aromatic heterocycles. The van der Waals surface area contributed by atoms with E-state index in [1.165, 1.54) is 0 Å². The zero-order chi connectivity index (χ0) is 25.5. The largest absolute Gasteiger partial charge is 0.464 e. The number of aromatic nitrogens is 1. The summed E-state index contributed by atoms with van der Waals surface area (Å²) in [5, 5.41) is 0.944. The molecule has 0 bridgehead atoms. The third kappa shape index (κ3) is 6.95. The van der Waals surface area contributed by atoms with Crippen molar-refractivity contribution >= 4 is 16.9 Å². The van der Waals surface area contributed by atoms with E-state index in [1.54, 1.807) is 4.57 Å². The number of para-hydroxylation sites is 1. The molecule has 1 aliphatic carbocycles. The fourth-order valence-corrected chi connectivity index (χ4v) is 4.18. The topological polar surface area (TPSA) is 70.0 Å². The normalized spacial score (nSPS) is 13.5. The fourth-order valence-electron chi connectivity index (χ4n) is 4.18. The Bertz CT molecular complexity index is 1220. The molecule has 1 fully saturated rings. The van der Waals surface area contributed by atoms with Gasteiger partial charge in [0.1, 0.15) is 11.5 Å². The predicted molar refractivity (Wildman–Crippen MR) is 140 cm³/mol. The van der Waals surface area contributed by atoms with Crippen LogP contribution in [0.15, 0.2) is 59.4 Å². The molecule has 7 heteroatoms. The van der Waals surface area contributed by atoms with Gasteiger partial charge in [-0.2, -0.15) is 0 Å². The van der Waals surface area contributed by atoms with Gasteiger partial charge in [-0.05, 0) is 61.4 Å². The number of carbonyl (C=O) groups is 1. The summed E-state index contributed by atoms with van der Waals surface area (Å²) >= 11 is 0. The fraction of sp³-hybridized carbons (Fsp3) is 0.448. The van der Waals surface area contributed by atoms with Crippen molar-refractivity contribution in [3.05, 3.63) is 70.5 Å². The Morgan fingerprint density at radius 1 is 1.08 bits per heavy atom. The van der Waals surface area contributed by atoms with E-state index in [9.17, 15) is 9.59 Å². The van der Waals surface area contributed by atoms with Crippen molar-refractivity contribution in [2.45, 2.75) is 52.7 Å². The average Bonchev–Trinajstić information content (AvgIpc) is 3.71. The summed E-state index contributed by atoms with van der Waals surface area (Å²) in [6.07, 6.45) is 2.06. The minimum atomic E-state index is -0.240. The minimum Gasteiger partial charge on any atom is -0.464 e. The number of benzene rings is 2. The first-order valence-electron chi connectivity index (χ1n) is 12.8. The SMILES string of the molecule is CCOCCn1c(=O)c(CN(CC(=O)OCC(C)C)C2CC2)cc2ccc(Oc3ccccc3)cc21. The van der Waals surface area contributed by atoms with Gasteiger partial charge in [0.05, 0.1) is 25.3 Å². The highest BCUT2D eigenvalue weighted by Crippen LogP contribution is 2.29. The second-order valence-corrected chi connectivity index (χ2v) is 9.67. The Morgan fingerprint density at radius 2 is 1.86 bits per heavy atom. The minimum absolute atomic E-state index is 0.0692. The predicted octanol–water partition coefficient (Wildman–Crippen LogP) is 4.99. The highest BCUT2D eigenvalue weighted by Gasteiger charge is 2.31. The lowest BCUT2D eigenvalue weighted by Crippen LogP contribution is -2.36. The Kier molecular flexibility index (Phi) is 8.78. The summed E-state index contributed by atoms with van der Waals surface area (Å²) in [5.74, 6) is 1.45. The Hall–Kier alpha value is -3.16. The smallest absolute Gasteiger partial charge is 0.320 e. The molecule has 36 heavy (non-hydrogen) atoms. The van der Waals surface area contributed by atoms with Gasteiger partial charge >= 0.3 is 5.97 Å². The van der Waals surface area contributed by atoms with E-state index in [-0.39, 0.29) is 24.0 Å². The summed E-state index contributed by atoms with van der Waals surface area (Å²) in [6, 6.07) is 17.6. The van der Waals surface area contributed by atoms with Gasteiger partial charge in [0.25, 0.3) is 5.56 Å². The van der Waals surface area contributed by atoms with E-state index >= 15 is 0 Å². The third-order valence-electron chi connectivity index (χ3n) is 6.13. The average molecular weight is 493 g/mol. The second kappa shape index (κ2) is 12.2. The first-order chi connectivity index (χ1) is 17.4. The second-order valence-electron chi connectivity index (χ2n) is 9.67. The zero-order valence-corrected chi connectivity index (χ0v) is 21.4. The zero-order valence-electron chi connectivity index (χ0n) is 21.4. The molecule has 1 heterocycles. The van der Waals surface area contributed by atoms with Crippen molar-refractivity contribution < 1.29 is 19.0 Å². The van der Waals surface area contributed by atoms with Crippen molar-refractivity contribution in [1.82, 2.24) is 9.47 Å². The summed E-state index contributed by atoms with van der Waals surface area (Å²) in [5.41, 5.74) is 1.39. The van der Waals surface area contributed by atoms with Crippen molar-refractivity contribution in [1.29, 1.82) is 0 Å². The molecule has 4 rings (SSSR count). The molecule has 0 radical (unpaired) electrons. The standard InChI is InChI=1S/C29H36N2O5/c1-4-34-15-14-31-27-17-26(36-25-8-6-5-7-9-25)13-10-22(27)16-23(29(31)33)18-30(24-11-12-24)19-28(32)35-20-21(2)3/h5-10,13,16-17,21,24H,4,11-12,14-15,18-20H2,1-3H3. The van der Waals surface area contributed by atoms with E-state index in [4.69, 9.17) is 14.2 Å². The first kappa shape index (κ1) is 25.9. The van der Waals surface area contributed by atoms with Crippen molar-refractivity contribution in [3.8, 4) is 11.5 Å². The Balaban J connectivity index is 1.62. The Morgan fingerprint density at radius 3 is 2.56 bits per heavy atom. The van der Waals surface area contributed by atoms with Crippen LogP contribution < -0.4 is 10.3 Å². The summed E-state index contributed by atoms with van der Waals surface area (Å²) in [4.78, 5) is 28.2. The number of esters is 1. The number of rotatable bonds is 13. The number of pyridine rings is 1. The van der Waals surface area contributed by atoms with Gasteiger partial charge in [-0.15, -0.1) is 0 Å². The van der Waals surface area contributed by atoms with Crippen LogP contribution >= 0.6 is 0 Å². The van der Waals surface area contributed by atoms with E-state index < -0.39 is 0 Å². The van der Waals surface area contributed by atoms with Gasteiger partial charge in [-0.25, -0.2) is 0 Å². The van der Waals surface area contributed by atoms with E-state index in [0.29, 0.717) is 50.3 Å². The van der Waals surface area contributed by atoms with Crippen LogP contribution in [0.5, 0.6) is 11.5 Å². The molecule has 3 aromatic rings. The number of nitrogens with zero attached hydrogens (tertiary/aromatic N) is 2. The van der Waals surface area contributed by atoms with E-state index in [1.807, 2.05) is 75.4 Å². The van der Waals surface area contributed by atoms with Crippen LogP contribution in [0.25, 0.3) is 10.9 Å². The van der Waals surface area contributed by atoms with Crippen LogP contribution in [0.1, 0.15) is 39.2 Å². The van der Waals surface area contributed by atoms with Gasteiger partial charge in [-0.1, -0.05) is 32.0 Å². The first-order valence-corrected chi connectivity index (χ1v) is 12.8. The molecule has 0 spiro atoms. The molecule has 1 aliphatic rings. The van der Waals surface area contributed by atoms with Gasteiger partial charge < -0.3 is 18.8 Å². The maximum atomic E-state index is 13.6. The lowest BCUT2D eigenvalue weighted by atomic mass is 10.1. The van der Waals surface area contributed by atoms with Crippen LogP contribution in [0.4, 0.5) is 0 Å². The summed E-state index contributed by atoms with van der Waals surface area (Å²) in [6.45, 7) is 8.44. The molecule has 192 valence electrons. The molecule has 2 aromatic carbocycles. The van der Waals surface area contributed by atoms with Crippen LogP contribution in [-0.4, -0.2) is 47.8 Å². The van der Waals surface area contributed by atoms with Crippen LogP contribution in [-0.2, 0) is 27.4 Å². The van der Waals surface area contributed by atoms with Crippen molar-refractivity contribution in [3.63, 3.8) is 0 Å². The third-order valence-corrected chi connectivity index (χ3v) is 6.13. The van der Waals surface area contributed by atoms with Crippen molar-refractivity contribution in [2.24, 2.45) is 5.92 Å². The van der Waals surface area contributed by atoms with E-state index in [2.05, 4.69) is 4.90 Å². The Labute approximate surface area is 212 Å². The molecular weight excluding hydrogens is 456 g/mol.